The number of hydrogen-bond donors (Lipinski definition) is 2. The lowest BCUT2D eigenvalue weighted by Gasteiger charge is -2.15. The lowest BCUT2D eigenvalue weighted by Crippen LogP contribution is -2.28. The van der Waals surface area contributed by atoms with Crippen LogP contribution in [0.3, 0.4) is 0 Å². The summed E-state index contributed by atoms with van der Waals surface area (Å²) in [7, 11) is 0. The lowest BCUT2D eigenvalue weighted by molar-refractivity contribution is -0.120. The van der Waals surface area contributed by atoms with Gasteiger partial charge in [-0.3, -0.25) is 4.79 Å². The fourth-order valence-corrected chi connectivity index (χ4v) is 3.76. The number of imidazole rings is 1. The molecule has 8 heteroatoms. The topological polar surface area (TPSA) is 76.4 Å². The van der Waals surface area contributed by atoms with Gasteiger partial charge < -0.3 is 19.7 Å². The van der Waals surface area contributed by atoms with E-state index in [1.165, 1.54) is 12.1 Å². The minimum absolute atomic E-state index is 0.0498. The predicted molar refractivity (Wildman–Crippen MR) is 129 cm³/mol. The van der Waals surface area contributed by atoms with Crippen molar-refractivity contribution in [3.05, 3.63) is 101 Å². The van der Waals surface area contributed by atoms with E-state index in [-0.39, 0.29) is 31.3 Å². The third kappa shape index (κ3) is 6.41. The van der Waals surface area contributed by atoms with E-state index in [0.29, 0.717) is 24.0 Å². The Morgan fingerprint density at radius 1 is 1.06 bits per heavy atom. The molecule has 0 aliphatic carbocycles. The third-order valence-electron chi connectivity index (χ3n) is 5.34. The number of nitrogens with one attached hydrogen (secondary N) is 1. The van der Waals surface area contributed by atoms with Crippen molar-refractivity contribution in [3.8, 4) is 0 Å². The molecule has 6 nitrogen and oxygen atoms in total. The number of ether oxygens (including phenoxy) is 1. The van der Waals surface area contributed by atoms with Gasteiger partial charge in [0.05, 0.1) is 43.3 Å². The molecule has 1 aromatic heterocycles. The van der Waals surface area contributed by atoms with Crippen molar-refractivity contribution in [2.24, 2.45) is 0 Å². The second-order valence-corrected chi connectivity index (χ2v) is 8.44. The molecule has 1 unspecified atom stereocenters. The zero-order valence-corrected chi connectivity index (χ0v) is 19.2. The molecule has 34 heavy (non-hydrogen) atoms. The zero-order chi connectivity index (χ0) is 23.9. The first-order chi connectivity index (χ1) is 16.5. The monoisotopic (exact) mass is 481 g/mol. The average molecular weight is 482 g/mol. The molecule has 0 radical (unpaired) electrons. The third-order valence-corrected chi connectivity index (χ3v) is 5.59. The molecule has 176 valence electrons. The quantitative estimate of drug-likeness (QED) is 0.355. The summed E-state index contributed by atoms with van der Waals surface area (Å²) in [6.45, 7) is 1.02. The number of aliphatic hydroxyl groups excluding tert-OH is 1. The molecule has 0 aliphatic heterocycles. The van der Waals surface area contributed by atoms with Gasteiger partial charge in [0.15, 0.2) is 0 Å². The summed E-state index contributed by atoms with van der Waals surface area (Å²) >= 11 is 5.90. The summed E-state index contributed by atoms with van der Waals surface area (Å²) < 4.78 is 20.6. The SMILES string of the molecule is O=C(Cc1nc2ccccc2n1CC(O)COCc1ccc(Cl)cc1)NCc1ccc(F)cc1. The van der Waals surface area contributed by atoms with Crippen LogP contribution in [-0.2, 0) is 35.6 Å². The smallest absolute Gasteiger partial charge is 0.227 e. The number of halogens is 2. The molecule has 1 amide bonds. The van der Waals surface area contributed by atoms with Crippen molar-refractivity contribution in [1.82, 2.24) is 14.9 Å². The number of nitrogens with zero attached hydrogens (tertiary/aromatic N) is 2. The van der Waals surface area contributed by atoms with Gasteiger partial charge in [0, 0.05) is 11.6 Å². The molecule has 4 rings (SSSR count). The number of carbonyl (C=O) groups is 1. The molecular formula is C26H25ClFN3O3. The summed E-state index contributed by atoms with van der Waals surface area (Å²) in [4.78, 5) is 17.2. The maximum atomic E-state index is 13.1. The van der Waals surface area contributed by atoms with Crippen molar-refractivity contribution in [1.29, 1.82) is 0 Å². The molecule has 1 atom stereocenters. The van der Waals surface area contributed by atoms with Crippen LogP contribution in [-0.4, -0.2) is 33.3 Å². The Hall–Kier alpha value is -3.26. The van der Waals surface area contributed by atoms with Crippen LogP contribution in [0.15, 0.2) is 72.8 Å². The summed E-state index contributed by atoms with van der Waals surface area (Å²) in [5.41, 5.74) is 3.35. The van der Waals surface area contributed by atoms with Crippen LogP contribution in [0, 0.1) is 5.82 Å². The Kier molecular flexibility index (Phi) is 7.90. The number of aromatic nitrogens is 2. The first-order valence-corrected chi connectivity index (χ1v) is 11.3. The van der Waals surface area contributed by atoms with Crippen molar-refractivity contribution in [3.63, 3.8) is 0 Å². The Bertz CT molecular complexity index is 1240. The van der Waals surface area contributed by atoms with Crippen LogP contribution in [0.1, 0.15) is 17.0 Å². The molecule has 0 fully saturated rings. The van der Waals surface area contributed by atoms with Crippen LogP contribution >= 0.6 is 11.6 Å². The second kappa shape index (κ2) is 11.2. The Morgan fingerprint density at radius 3 is 2.53 bits per heavy atom. The highest BCUT2D eigenvalue weighted by Gasteiger charge is 2.17. The van der Waals surface area contributed by atoms with Gasteiger partial charge in [-0.15, -0.1) is 0 Å². The van der Waals surface area contributed by atoms with Gasteiger partial charge in [0.1, 0.15) is 11.6 Å². The average Bonchev–Trinajstić information content (AvgIpc) is 3.16. The van der Waals surface area contributed by atoms with E-state index in [2.05, 4.69) is 10.3 Å². The largest absolute Gasteiger partial charge is 0.389 e. The standard InChI is InChI=1S/C26H25ClFN3O3/c27-20-9-5-19(6-10-20)16-34-17-22(32)15-31-24-4-2-1-3-23(24)30-25(31)13-26(33)29-14-18-7-11-21(28)12-8-18/h1-12,22,32H,13-17H2,(H,29,33). The zero-order valence-electron chi connectivity index (χ0n) is 18.5. The molecular weight excluding hydrogens is 457 g/mol. The van der Waals surface area contributed by atoms with Crippen molar-refractivity contribution < 1.29 is 19.0 Å². The highest BCUT2D eigenvalue weighted by Crippen LogP contribution is 2.18. The first kappa shape index (κ1) is 23.9. The highest BCUT2D eigenvalue weighted by molar-refractivity contribution is 6.30. The molecule has 3 aromatic carbocycles. The Balaban J connectivity index is 1.38. The van der Waals surface area contributed by atoms with Crippen LogP contribution in [0.4, 0.5) is 4.39 Å². The Labute approximate surface area is 202 Å². The number of hydrogen-bond acceptors (Lipinski definition) is 4. The maximum Gasteiger partial charge on any atom is 0.227 e. The molecule has 0 saturated carbocycles. The number of para-hydroxylation sites is 2. The van der Waals surface area contributed by atoms with Crippen LogP contribution < -0.4 is 5.32 Å². The van der Waals surface area contributed by atoms with Crippen molar-refractivity contribution >= 4 is 28.5 Å². The normalized spacial score (nSPS) is 12.1. The summed E-state index contributed by atoms with van der Waals surface area (Å²) in [5, 5.41) is 14.1. The van der Waals surface area contributed by atoms with Gasteiger partial charge in [-0.2, -0.15) is 0 Å². The van der Waals surface area contributed by atoms with Gasteiger partial charge in [0.2, 0.25) is 5.91 Å². The fraction of sp³-hybridized carbons (Fsp3) is 0.231. The summed E-state index contributed by atoms with van der Waals surface area (Å²) in [5.74, 6) is 0.0170. The van der Waals surface area contributed by atoms with Crippen LogP contribution in [0.25, 0.3) is 11.0 Å². The number of aliphatic hydroxyl groups is 1. The molecule has 2 N–H and O–H groups in total. The van der Waals surface area contributed by atoms with E-state index < -0.39 is 6.10 Å². The van der Waals surface area contributed by atoms with E-state index in [1.807, 2.05) is 41.0 Å². The summed E-state index contributed by atoms with van der Waals surface area (Å²) in [6.07, 6.45) is -0.736. The van der Waals surface area contributed by atoms with E-state index in [1.54, 1.807) is 24.3 Å². The van der Waals surface area contributed by atoms with E-state index in [0.717, 1.165) is 22.2 Å². The summed E-state index contributed by atoms with van der Waals surface area (Å²) in [6, 6.07) is 20.9. The van der Waals surface area contributed by atoms with Gasteiger partial charge in [-0.25, -0.2) is 9.37 Å². The number of amides is 1. The van der Waals surface area contributed by atoms with E-state index in [4.69, 9.17) is 16.3 Å². The molecule has 1 heterocycles. The van der Waals surface area contributed by atoms with Gasteiger partial charge in [-0.05, 0) is 47.5 Å². The van der Waals surface area contributed by atoms with Crippen molar-refractivity contribution in [2.45, 2.75) is 32.2 Å². The Morgan fingerprint density at radius 2 is 1.76 bits per heavy atom. The maximum absolute atomic E-state index is 13.1. The van der Waals surface area contributed by atoms with E-state index in [9.17, 15) is 14.3 Å². The number of rotatable bonds is 10. The molecule has 0 saturated heterocycles. The number of benzene rings is 3. The molecule has 4 aromatic rings. The molecule has 0 spiro atoms. The van der Waals surface area contributed by atoms with E-state index >= 15 is 0 Å². The second-order valence-electron chi connectivity index (χ2n) is 8.00. The van der Waals surface area contributed by atoms with Crippen LogP contribution in [0.2, 0.25) is 5.02 Å². The fourth-order valence-electron chi connectivity index (χ4n) is 3.63. The first-order valence-electron chi connectivity index (χ1n) is 10.9. The van der Waals surface area contributed by atoms with Crippen LogP contribution in [0.5, 0.6) is 0 Å². The van der Waals surface area contributed by atoms with Crippen molar-refractivity contribution in [2.75, 3.05) is 6.61 Å². The lowest BCUT2D eigenvalue weighted by atomic mass is 10.2. The van der Waals surface area contributed by atoms with Gasteiger partial charge in [-0.1, -0.05) is 48.0 Å². The predicted octanol–water partition coefficient (Wildman–Crippen LogP) is 4.27. The number of carbonyl (C=O) groups excluding carboxylic acids is 1. The minimum Gasteiger partial charge on any atom is -0.389 e. The minimum atomic E-state index is -0.786. The van der Waals surface area contributed by atoms with Gasteiger partial charge in [0.25, 0.3) is 0 Å². The molecule has 0 aliphatic rings. The van der Waals surface area contributed by atoms with Gasteiger partial charge >= 0.3 is 0 Å². The number of fused-ring (bicyclic) bond motifs is 1. The highest BCUT2D eigenvalue weighted by atomic mass is 35.5. The molecule has 0 bridgehead atoms.